The van der Waals surface area contributed by atoms with Crippen LogP contribution in [0.3, 0.4) is 0 Å². The molecule has 2 saturated heterocycles. The van der Waals surface area contributed by atoms with E-state index in [1.807, 2.05) is 12.3 Å². The summed E-state index contributed by atoms with van der Waals surface area (Å²) in [4.78, 5) is 27.8. The lowest BCUT2D eigenvalue weighted by molar-refractivity contribution is -0.168. The van der Waals surface area contributed by atoms with Crippen molar-refractivity contribution in [2.75, 3.05) is 37.3 Å². The van der Waals surface area contributed by atoms with Gasteiger partial charge in [-0.2, -0.15) is 0 Å². The molecule has 7 rings (SSSR count). The Morgan fingerprint density at radius 2 is 1.81 bits per heavy atom. The number of rotatable bonds is 3. The summed E-state index contributed by atoms with van der Waals surface area (Å²) in [5.41, 5.74) is 0.758. The van der Waals surface area contributed by atoms with Crippen molar-refractivity contribution in [3.63, 3.8) is 0 Å². The molecule has 0 N–H and O–H groups in total. The third-order valence-electron chi connectivity index (χ3n) is 9.47. The first-order valence-corrected chi connectivity index (χ1v) is 13.5. The third kappa shape index (κ3) is 3.39. The van der Waals surface area contributed by atoms with Crippen molar-refractivity contribution in [2.45, 2.75) is 69.7 Å². The predicted octanol–water partition coefficient (Wildman–Crippen LogP) is 4.62. The Balaban J connectivity index is 1.12. The molecule has 0 aromatic carbocycles. The largest absolute Gasteiger partial charge is 0.342 e. The van der Waals surface area contributed by atoms with Crippen molar-refractivity contribution in [3.05, 3.63) is 12.3 Å². The second-order valence-corrected chi connectivity index (χ2v) is 12.7. The minimum atomic E-state index is -0.0167. The summed E-state index contributed by atoms with van der Waals surface area (Å²) >= 11 is 1.67. The number of amides is 1. The fraction of sp³-hybridized carbons (Fsp3) is 0.800. The van der Waals surface area contributed by atoms with E-state index >= 15 is 0 Å². The van der Waals surface area contributed by atoms with Gasteiger partial charge in [0.25, 0.3) is 0 Å². The summed E-state index contributed by atoms with van der Waals surface area (Å²) in [5.74, 6) is 3.02. The van der Waals surface area contributed by atoms with Crippen molar-refractivity contribution < 1.29 is 4.79 Å². The minimum Gasteiger partial charge on any atom is -0.342 e. The van der Waals surface area contributed by atoms with Crippen LogP contribution in [0.15, 0.2) is 17.3 Å². The molecule has 2 atom stereocenters. The first kappa shape index (κ1) is 20.3. The Bertz CT molecular complexity index is 866. The van der Waals surface area contributed by atoms with Crippen LogP contribution >= 0.6 is 11.8 Å². The van der Waals surface area contributed by atoms with E-state index in [9.17, 15) is 4.79 Å². The monoisotopic (exact) mass is 440 g/mol. The molecule has 1 amide bonds. The number of thioether (sulfide) groups is 1. The summed E-state index contributed by atoms with van der Waals surface area (Å²) in [6.07, 6.45) is 15.1. The van der Waals surface area contributed by atoms with Crippen molar-refractivity contribution in [1.82, 2.24) is 14.9 Å². The SMILES string of the molecule is CSc1ccnc(N2CCC3(CCN(C(=O)C45CC6CC(CC(C)(C6)C4)C5)CC3)C2)n1. The quantitative estimate of drug-likeness (QED) is 0.507. The van der Waals surface area contributed by atoms with E-state index in [-0.39, 0.29) is 5.41 Å². The summed E-state index contributed by atoms with van der Waals surface area (Å²) in [5, 5.41) is 1.04. The number of anilines is 1. The maximum Gasteiger partial charge on any atom is 0.228 e. The molecule has 2 unspecified atom stereocenters. The number of piperidine rings is 1. The molecule has 4 bridgehead atoms. The van der Waals surface area contributed by atoms with Gasteiger partial charge in [-0.15, -0.1) is 11.8 Å². The molecule has 1 spiro atoms. The van der Waals surface area contributed by atoms with E-state index in [0.29, 0.717) is 16.7 Å². The highest BCUT2D eigenvalue weighted by Gasteiger charge is 2.60. The molecule has 0 radical (unpaired) electrons. The van der Waals surface area contributed by atoms with Gasteiger partial charge in [-0.05, 0) is 92.8 Å². The highest BCUT2D eigenvalue weighted by molar-refractivity contribution is 7.98. The molecule has 1 aromatic heterocycles. The van der Waals surface area contributed by atoms with Gasteiger partial charge in [0, 0.05) is 32.4 Å². The van der Waals surface area contributed by atoms with Gasteiger partial charge in [-0.25, -0.2) is 9.97 Å². The first-order chi connectivity index (χ1) is 14.9. The van der Waals surface area contributed by atoms with Gasteiger partial charge in [-0.1, -0.05) is 6.92 Å². The molecular weight excluding hydrogens is 404 g/mol. The van der Waals surface area contributed by atoms with Crippen LogP contribution in [-0.4, -0.2) is 53.2 Å². The molecular formula is C25H36N4OS. The average molecular weight is 441 g/mol. The molecule has 5 nitrogen and oxygen atoms in total. The van der Waals surface area contributed by atoms with Crippen LogP contribution < -0.4 is 4.90 Å². The maximum atomic E-state index is 13.8. The van der Waals surface area contributed by atoms with Gasteiger partial charge in [0.1, 0.15) is 5.03 Å². The zero-order chi connectivity index (χ0) is 21.3. The minimum absolute atomic E-state index is 0.0167. The highest BCUT2D eigenvalue weighted by atomic mass is 32.2. The Hall–Kier alpha value is -1.30. The summed E-state index contributed by atoms with van der Waals surface area (Å²) in [7, 11) is 0. The normalized spacial score (nSPS) is 38.3. The summed E-state index contributed by atoms with van der Waals surface area (Å²) in [6, 6.07) is 1.98. The van der Waals surface area contributed by atoms with E-state index in [0.717, 1.165) is 68.3 Å². The number of nitrogens with zero attached hydrogens (tertiary/aromatic N) is 4. The Labute approximate surface area is 190 Å². The van der Waals surface area contributed by atoms with E-state index in [1.54, 1.807) is 11.8 Å². The fourth-order valence-corrected chi connectivity index (χ4v) is 8.97. The number of aromatic nitrogens is 2. The second-order valence-electron chi connectivity index (χ2n) is 11.9. The van der Waals surface area contributed by atoms with Crippen molar-refractivity contribution in [2.24, 2.45) is 28.1 Å². The van der Waals surface area contributed by atoms with Crippen LogP contribution in [0.4, 0.5) is 5.95 Å². The van der Waals surface area contributed by atoms with Gasteiger partial charge >= 0.3 is 0 Å². The van der Waals surface area contributed by atoms with Gasteiger partial charge < -0.3 is 9.80 Å². The number of carbonyl (C=O) groups is 1. The Morgan fingerprint density at radius 1 is 1.10 bits per heavy atom. The topological polar surface area (TPSA) is 49.3 Å². The van der Waals surface area contributed by atoms with Gasteiger partial charge in [0.05, 0.1) is 5.41 Å². The molecule has 6 aliphatic rings. The molecule has 3 heterocycles. The van der Waals surface area contributed by atoms with Gasteiger partial charge in [0.15, 0.2) is 0 Å². The van der Waals surface area contributed by atoms with E-state index in [2.05, 4.69) is 28.0 Å². The van der Waals surface area contributed by atoms with Crippen molar-refractivity contribution >= 4 is 23.6 Å². The summed E-state index contributed by atoms with van der Waals surface area (Å²) in [6.45, 7) is 6.45. The lowest BCUT2D eigenvalue weighted by Crippen LogP contribution is -2.58. The predicted molar refractivity (Wildman–Crippen MR) is 124 cm³/mol. The summed E-state index contributed by atoms with van der Waals surface area (Å²) < 4.78 is 0. The molecule has 168 valence electrons. The zero-order valence-corrected chi connectivity index (χ0v) is 19.9. The van der Waals surface area contributed by atoms with Gasteiger partial charge in [-0.3, -0.25) is 4.79 Å². The zero-order valence-electron chi connectivity index (χ0n) is 19.1. The Morgan fingerprint density at radius 3 is 2.48 bits per heavy atom. The highest BCUT2D eigenvalue weighted by Crippen LogP contribution is 2.65. The van der Waals surface area contributed by atoms with Crippen molar-refractivity contribution in [3.8, 4) is 0 Å². The molecule has 2 aliphatic heterocycles. The number of hydrogen-bond acceptors (Lipinski definition) is 5. The van der Waals surface area contributed by atoms with Crippen LogP contribution in [0.5, 0.6) is 0 Å². The van der Waals surface area contributed by atoms with Gasteiger partial charge in [0.2, 0.25) is 11.9 Å². The molecule has 1 aromatic rings. The van der Waals surface area contributed by atoms with Crippen molar-refractivity contribution in [1.29, 1.82) is 0 Å². The standard InChI is InChI=1S/C25H36N4OS/c1-23-12-18-11-19(13-23)15-25(14-18,16-23)21(30)28-8-4-24(5-9-28)6-10-29(17-24)22-26-7-3-20(27-22)31-2/h3,7,18-19H,4-6,8-17H2,1-2H3. The molecule has 6 fully saturated rings. The molecule has 4 saturated carbocycles. The van der Waals surface area contributed by atoms with Crippen LogP contribution in [-0.2, 0) is 4.79 Å². The number of carbonyl (C=O) groups excluding carboxylic acids is 1. The van der Waals surface area contributed by atoms with Crippen LogP contribution in [0.25, 0.3) is 0 Å². The second kappa shape index (κ2) is 7.10. The maximum absolute atomic E-state index is 13.8. The fourth-order valence-electron chi connectivity index (χ4n) is 8.60. The lowest BCUT2D eigenvalue weighted by Gasteiger charge is -2.61. The van der Waals surface area contributed by atoms with E-state index in [1.165, 1.54) is 38.5 Å². The number of likely N-dealkylation sites (tertiary alicyclic amines) is 1. The Kier molecular flexibility index (Phi) is 4.65. The van der Waals surface area contributed by atoms with Crippen LogP contribution in [0.1, 0.15) is 64.7 Å². The van der Waals surface area contributed by atoms with E-state index in [4.69, 9.17) is 4.98 Å². The molecule has 4 aliphatic carbocycles. The molecule has 6 heteroatoms. The number of hydrogen-bond donors (Lipinski definition) is 0. The van der Waals surface area contributed by atoms with E-state index < -0.39 is 0 Å². The third-order valence-corrected chi connectivity index (χ3v) is 10.1. The first-order valence-electron chi connectivity index (χ1n) is 12.3. The lowest BCUT2D eigenvalue weighted by atomic mass is 9.44. The molecule has 31 heavy (non-hydrogen) atoms. The van der Waals surface area contributed by atoms with Crippen LogP contribution in [0.2, 0.25) is 0 Å². The smallest absolute Gasteiger partial charge is 0.228 e. The average Bonchev–Trinajstić information content (AvgIpc) is 3.16. The van der Waals surface area contributed by atoms with Crippen LogP contribution in [0, 0.1) is 28.1 Å².